The molecule has 1 aromatic heterocycles. The predicted octanol–water partition coefficient (Wildman–Crippen LogP) is 2.99. The molecule has 2 aromatic carbocycles. The number of nitrogens with zero attached hydrogens (tertiary/aromatic N) is 2. The molecule has 0 saturated carbocycles. The van der Waals surface area contributed by atoms with Gasteiger partial charge in [0, 0.05) is 5.56 Å². The standard InChI is InChI=1S/C15H13N3O3/c1-20-13-8-4-5-10(14(13)19)9-16-18-15-17-11-6-2-3-7-12(11)21-15/h2-9,19H,1H3,(H,17,18). The number of hydrogen-bond donors (Lipinski definition) is 2. The quantitative estimate of drug-likeness (QED) is 0.568. The highest BCUT2D eigenvalue weighted by molar-refractivity contribution is 5.85. The number of nitrogens with one attached hydrogen (secondary N) is 1. The molecular formula is C15H13N3O3. The smallest absolute Gasteiger partial charge is 0.316 e. The van der Waals surface area contributed by atoms with Crippen molar-refractivity contribution in [3.05, 3.63) is 48.0 Å². The first kappa shape index (κ1) is 13.0. The summed E-state index contributed by atoms with van der Waals surface area (Å²) in [5.41, 5.74) is 4.64. The molecule has 6 heteroatoms. The molecule has 0 aliphatic rings. The highest BCUT2D eigenvalue weighted by Gasteiger charge is 2.05. The van der Waals surface area contributed by atoms with Crippen LogP contribution in [0.4, 0.5) is 6.01 Å². The fourth-order valence-corrected chi connectivity index (χ4v) is 1.89. The van der Waals surface area contributed by atoms with Gasteiger partial charge in [-0.1, -0.05) is 18.2 Å². The summed E-state index contributed by atoms with van der Waals surface area (Å²) < 4.78 is 10.5. The SMILES string of the molecule is COc1cccc(C=NNc2nc3ccccc3o2)c1O. The Morgan fingerprint density at radius 3 is 2.90 bits per heavy atom. The third kappa shape index (κ3) is 2.64. The summed E-state index contributed by atoms with van der Waals surface area (Å²) >= 11 is 0. The summed E-state index contributed by atoms with van der Waals surface area (Å²) in [6.07, 6.45) is 1.46. The van der Waals surface area contributed by atoms with Crippen LogP contribution in [0, 0.1) is 0 Å². The van der Waals surface area contributed by atoms with Gasteiger partial charge in [-0.3, -0.25) is 0 Å². The summed E-state index contributed by atoms with van der Waals surface area (Å²) in [6.45, 7) is 0. The highest BCUT2D eigenvalue weighted by Crippen LogP contribution is 2.28. The zero-order chi connectivity index (χ0) is 14.7. The minimum absolute atomic E-state index is 0.0307. The summed E-state index contributed by atoms with van der Waals surface area (Å²) in [6, 6.07) is 12.9. The molecule has 0 spiro atoms. The molecule has 106 valence electrons. The Balaban J connectivity index is 1.78. The van der Waals surface area contributed by atoms with Crippen LogP contribution >= 0.6 is 0 Å². The molecule has 0 aliphatic carbocycles. The van der Waals surface area contributed by atoms with Crippen molar-refractivity contribution >= 4 is 23.3 Å². The van der Waals surface area contributed by atoms with Gasteiger partial charge in [0.2, 0.25) is 0 Å². The fraction of sp³-hybridized carbons (Fsp3) is 0.0667. The van der Waals surface area contributed by atoms with E-state index in [9.17, 15) is 5.11 Å². The zero-order valence-electron chi connectivity index (χ0n) is 11.3. The largest absolute Gasteiger partial charge is 0.504 e. The van der Waals surface area contributed by atoms with Gasteiger partial charge in [0.25, 0.3) is 0 Å². The Labute approximate surface area is 120 Å². The average molecular weight is 283 g/mol. The number of aromatic hydroxyl groups is 1. The number of anilines is 1. The number of benzene rings is 2. The minimum Gasteiger partial charge on any atom is -0.504 e. The number of phenolic OH excluding ortho intramolecular Hbond substituents is 1. The Kier molecular flexibility index (Phi) is 3.42. The van der Waals surface area contributed by atoms with Gasteiger partial charge < -0.3 is 14.3 Å². The van der Waals surface area contributed by atoms with Gasteiger partial charge in [0.15, 0.2) is 17.1 Å². The number of hydrazone groups is 1. The lowest BCUT2D eigenvalue weighted by Gasteiger charge is -2.04. The van der Waals surface area contributed by atoms with Crippen LogP contribution in [0.2, 0.25) is 0 Å². The number of para-hydroxylation sites is 3. The first-order valence-electron chi connectivity index (χ1n) is 6.28. The van der Waals surface area contributed by atoms with E-state index in [2.05, 4.69) is 15.5 Å². The molecule has 6 nitrogen and oxygen atoms in total. The highest BCUT2D eigenvalue weighted by atomic mass is 16.5. The molecule has 21 heavy (non-hydrogen) atoms. The molecule has 0 radical (unpaired) electrons. The van der Waals surface area contributed by atoms with Gasteiger partial charge in [0.05, 0.1) is 13.3 Å². The number of fused-ring (bicyclic) bond motifs is 1. The molecule has 0 bridgehead atoms. The van der Waals surface area contributed by atoms with E-state index in [0.29, 0.717) is 16.9 Å². The van der Waals surface area contributed by atoms with Crippen molar-refractivity contribution in [1.29, 1.82) is 0 Å². The minimum atomic E-state index is 0.0307. The number of phenols is 1. The molecule has 2 N–H and O–H groups in total. The van der Waals surface area contributed by atoms with Gasteiger partial charge in [0.1, 0.15) is 5.52 Å². The molecule has 0 fully saturated rings. The second-order valence-corrected chi connectivity index (χ2v) is 4.25. The van der Waals surface area contributed by atoms with Crippen molar-refractivity contribution in [2.24, 2.45) is 5.10 Å². The van der Waals surface area contributed by atoms with E-state index in [1.54, 1.807) is 18.2 Å². The first-order chi connectivity index (χ1) is 10.3. The van der Waals surface area contributed by atoms with E-state index in [1.165, 1.54) is 13.3 Å². The molecule has 0 atom stereocenters. The lowest BCUT2D eigenvalue weighted by Crippen LogP contribution is -1.92. The number of ether oxygens (including phenoxy) is 1. The Bertz CT molecular complexity index is 763. The van der Waals surface area contributed by atoms with Crippen molar-refractivity contribution < 1.29 is 14.3 Å². The van der Waals surface area contributed by atoms with Crippen molar-refractivity contribution in [1.82, 2.24) is 4.98 Å². The second-order valence-electron chi connectivity index (χ2n) is 4.25. The van der Waals surface area contributed by atoms with Crippen LogP contribution in [0.25, 0.3) is 11.1 Å². The van der Waals surface area contributed by atoms with Crippen LogP contribution in [0.15, 0.2) is 52.0 Å². The number of rotatable bonds is 4. The van der Waals surface area contributed by atoms with Crippen molar-refractivity contribution in [3.8, 4) is 11.5 Å². The van der Waals surface area contributed by atoms with E-state index in [0.717, 1.165) is 5.52 Å². The number of hydrogen-bond acceptors (Lipinski definition) is 6. The maximum absolute atomic E-state index is 9.92. The number of aromatic nitrogens is 1. The molecule has 3 rings (SSSR count). The Morgan fingerprint density at radius 2 is 2.10 bits per heavy atom. The van der Waals surface area contributed by atoms with Crippen molar-refractivity contribution in [2.45, 2.75) is 0 Å². The molecular weight excluding hydrogens is 270 g/mol. The zero-order valence-corrected chi connectivity index (χ0v) is 11.3. The third-order valence-corrected chi connectivity index (χ3v) is 2.91. The average Bonchev–Trinajstić information content (AvgIpc) is 2.91. The lowest BCUT2D eigenvalue weighted by molar-refractivity contribution is 0.373. The van der Waals surface area contributed by atoms with Crippen LogP contribution < -0.4 is 10.2 Å². The lowest BCUT2D eigenvalue weighted by atomic mass is 10.2. The molecule has 0 aliphatic heterocycles. The maximum atomic E-state index is 9.92. The van der Waals surface area contributed by atoms with Crippen molar-refractivity contribution in [3.63, 3.8) is 0 Å². The monoisotopic (exact) mass is 283 g/mol. The molecule has 3 aromatic rings. The normalized spacial score (nSPS) is 11.1. The maximum Gasteiger partial charge on any atom is 0.316 e. The van der Waals surface area contributed by atoms with E-state index in [4.69, 9.17) is 9.15 Å². The number of oxazole rings is 1. The van der Waals surface area contributed by atoms with Crippen LogP contribution in [0.5, 0.6) is 11.5 Å². The van der Waals surface area contributed by atoms with Crippen LogP contribution in [0.3, 0.4) is 0 Å². The van der Waals surface area contributed by atoms with Crippen LogP contribution in [-0.4, -0.2) is 23.4 Å². The van der Waals surface area contributed by atoms with Gasteiger partial charge in [-0.05, 0) is 24.3 Å². The summed E-state index contributed by atoms with van der Waals surface area (Å²) in [5.74, 6) is 0.420. The van der Waals surface area contributed by atoms with E-state index in [1.807, 2.05) is 24.3 Å². The van der Waals surface area contributed by atoms with Gasteiger partial charge in [-0.15, -0.1) is 0 Å². The van der Waals surface area contributed by atoms with E-state index >= 15 is 0 Å². The van der Waals surface area contributed by atoms with Gasteiger partial charge in [-0.25, -0.2) is 5.43 Å². The van der Waals surface area contributed by atoms with E-state index in [-0.39, 0.29) is 11.8 Å². The Morgan fingerprint density at radius 1 is 1.24 bits per heavy atom. The summed E-state index contributed by atoms with van der Waals surface area (Å²) in [5, 5.41) is 13.9. The molecule has 1 heterocycles. The molecule has 0 unspecified atom stereocenters. The first-order valence-corrected chi connectivity index (χ1v) is 6.28. The second kappa shape index (κ2) is 5.54. The fourth-order valence-electron chi connectivity index (χ4n) is 1.89. The van der Waals surface area contributed by atoms with Gasteiger partial charge >= 0.3 is 6.01 Å². The summed E-state index contributed by atoms with van der Waals surface area (Å²) in [7, 11) is 1.49. The van der Waals surface area contributed by atoms with E-state index < -0.39 is 0 Å². The van der Waals surface area contributed by atoms with Crippen molar-refractivity contribution in [2.75, 3.05) is 12.5 Å². The topological polar surface area (TPSA) is 79.9 Å². The predicted molar refractivity (Wildman–Crippen MR) is 79.9 cm³/mol. The summed E-state index contributed by atoms with van der Waals surface area (Å²) in [4.78, 5) is 4.22. The molecule has 0 amide bonds. The number of methoxy groups -OCH3 is 1. The van der Waals surface area contributed by atoms with Crippen LogP contribution in [-0.2, 0) is 0 Å². The Hall–Kier alpha value is -3.02. The van der Waals surface area contributed by atoms with Gasteiger partial charge in [-0.2, -0.15) is 10.1 Å². The molecule has 0 saturated heterocycles. The third-order valence-electron chi connectivity index (χ3n) is 2.91. The van der Waals surface area contributed by atoms with Crippen LogP contribution in [0.1, 0.15) is 5.56 Å².